The number of ketones is 1. The number of ether oxygens (including phenoxy) is 1. The smallest absolute Gasteiger partial charge is 0.407 e. The zero-order valence-corrected chi connectivity index (χ0v) is 7.58. The van der Waals surface area contributed by atoms with Gasteiger partial charge in [0.1, 0.15) is 0 Å². The van der Waals surface area contributed by atoms with E-state index in [1.807, 2.05) is 6.08 Å². The Hall–Kier alpha value is -1.32. The first-order chi connectivity index (χ1) is 6.22. The summed E-state index contributed by atoms with van der Waals surface area (Å²) in [5.41, 5.74) is 0. The monoisotopic (exact) mass is 183 g/mol. The third-order valence-electron chi connectivity index (χ3n) is 1.80. The van der Waals surface area contributed by atoms with E-state index in [0.29, 0.717) is 19.6 Å². The number of hydrogen-bond donors (Lipinski definition) is 1. The summed E-state index contributed by atoms with van der Waals surface area (Å²) in [7, 11) is 0. The van der Waals surface area contributed by atoms with Crippen molar-refractivity contribution in [3.8, 4) is 0 Å². The van der Waals surface area contributed by atoms with Crippen LogP contribution in [-0.4, -0.2) is 25.0 Å². The molecule has 0 bridgehead atoms. The van der Waals surface area contributed by atoms with Gasteiger partial charge in [-0.15, -0.1) is 0 Å². The summed E-state index contributed by atoms with van der Waals surface area (Å²) in [6, 6.07) is 0. The van der Waals surface area contributed by atoms with E-state index in [9.17, 15) is 9.59 Å². The van der Waals surface area contributed by atoms with Crippen LogP contribution in [0.2, 0.25) is 0 Å². The predicted octanol–water partition coefficient (Wildman–Crippen LogP) is 0.878. The van der Waals surface area contributed by atoms with Crippen molar-refractivity contribution in [1.82, 2.24) is 5.32 Å². The minimum Gasteiger partial charge on any atom is -0.450 e. The highest BCUT2D eigenvalue weighted by Gasteiger charge is 2.16. The van der Waals surface area contributed by atoms with E-state index < -0.39 is 6.09 Å². The maximum atomic E-state index is 10.8. The number of carbonyl (C=O) groups is 2. The highest BCUT2D eigenvalue weighted by molar-refractivity contribution is 5.92. The molecule has 1 aliphatic rings. The zero-order valence-electron chi connectivity index (χ0n) is 7.58. The standard InChI is InChI=1S/C9H13NO3/c1-2-13-9(12)10-6-7-3-4-8(11)5-7/h3-4,7H,2,5-6H2,1H3,(H,10,12). The lowest BCUT2D eigenvalue weighted by Gasteiger charge is -2.08. The van der Waals surface area contributed by atoms with Crippen molar-refractivity contribution in [2.75, 3.05) is 13.2 Å². The van der Waals surface area contributed by atoms with Crippen LogP contribution in [0.25, 0.3) is 0 Å². The molecule has 1 amide bonds. The molecule has 4 nitrogen and oxygen atoms in total. The van der Waals surface area contributed by atoms with Gasteiger partial charge in [-0.05, 0) is 13.0 Å². The SMILES string of the molecule is CCOC(=O)NCC1C=CC(=O)C1. The maximum absolute atomic E-state index is 10.8. The highest BCUT2D eigenvalue weighted by Crippen LogP contribution is 2.12. The lowest BCUT2D eigenvalue weighted by Crippen LogP contribution is -2.28. The average molecular weight is 183 g/mol. The number of nitrogens with one attached hydrogen (secondary N) is 1. The third kappa shape index (κ3) is 3.27. The molecule has 1 aliphatic carbocycles. The van der Waals surface area contributed by atoms with Crippen molar-refractivity contribution in [2.45, 2.75) is 13.3 Å². The van der Waals surface area contributed by atoms with Gasteiger partial charge in [0, 0.05) is 18.9 Å². The van der Waals surface area contributed by atoms with Gasteiger partial charge in [0.2, 0.25) is 0 Å². The second-order valence-electron chi connectivity index (χ2n) is 2.89. The van der Waals surface area contributed by atoms with E-state index in [-0.39, 0.29) is 11.7 Å². The molecule has 0 aliphatic heterocycles. The normalized spacial score (nSPS) is 20.4. The number of hydrogen-bond acceptors (Lipinski definition) is 3. The Morgan fingerprint density at radius 3 is 3.08 bits per heavy atom. The maximum Gasteiger partial charge on any atom is 0.407 e. The summed E-state index contributed by atoms with van der Waals surface area (Å²) in [6.45, 7) is 2.59. The molecule has 0 heterocycles. The van der Waals surface area contributed by atoms with E-state index in [0.717, 1.165) is 0 Å². The van der Waals surface area contributed by atoms with Gasteiger partial charge in [-0.2, -0.15) is 0 Å². The van der Waals surface area contributed by atoms with Crippen molar-refractivity contribution >= 4 is 11.9 Å². The lowest BCUT2D eigenvalue weighted by molar-refractivity contribution is -0.114. The third-order valence-corrected chi connectivity index (χ3v) is 1.80. The number of alkyl carbamates (subject to hydrolysis) is 1. The Bertz CT molecular complexity index is 235. The predicted molar refractivity (Wildman–Crippen MR) is 47.3 cm³/mol. The van der Waals surface area contributed by atoms with Gasteiger partial charge >= 0.3 is 6.09 Å². The molecular formula is C9H13NO3. The first kappa shape index (κ1) is 9.77. The Labute approximate surface area is 76.9 Å². The van der Waals surface area contributed by atoms with Crippen molar-refractivity contribution in [3.63, 3.8) is 0 Å². The minimum absolute atomic E-state index is 0.121. The quantitative estimate of drug-likeness (QED) is 0.706. The summed E-state index contributed by atoms with van der Waals surface area (Å²) in [6.07, 6.45) is 3.44. The van der Waals surface area contributed by atoms with Gasteiger partial charge < -0.3 is 10.1 Å². The fourth-order valence-corrected chi connectivity index (χ4v) is 1.17. The van der Waals surface area contributed by atoms with E-state index in [4.69, 9.17) is 0 Å². The molecule has 1 unspecified atom stereocenters. The van der Waals surface area contributed by atoms with E-state index in [1.165, 1.54) is 0 Å². The number of carbonyl (C=O) groups excluding carboxylic acids is 2. The second kappa shape index (κ2) is 4.64. The molecule has 0 aromatic heterocycles. The summed E-state index contributed by atoms with van der Waals surface area (Å²) < 4.78 is 4.67. The molecule has 72 valence electrons. The highest BCUT2D eigenvalue weighted by atomic mass is 16.5. The molecule has 4 heteroatoms. The van der Waals surface area contributed by atoms with Crippen LogP contribution in [0.1, 0.15) is 13.3 Å². The lowest BCUT2D eigenvalue weighted by atomic mass is 10.1. The van der Waals surface area contributed by atoms with Crippen LogP contribution in [-0.2, 0) is 9.53 Å². The largest absolute Gasteiger partial charge is 0.450 e. The Kier molecular flexibility index (Phi) is 3.49. The van der Waals surface area contributed by atoms with Crippen molar-refractivity contribution < 1.29 is 14.3 Å². The van der Waals surface area contributed by atoms with Crippen LogP contribution in [0.4, 0.5) is 4.79 Å². The molecule has 0 spiro atoms. The Morgan fingerprint density at radius 2 is 2.54 bits per heavy atom. The topological polar surface area (TPSA) is 55.4 Å². The van der Waals surface area contributed by atoms with Gasteiger partial charge in [-0.25, -0.2) is 4.79 Å². The van der Waals surface area contributed by atoms with E-state index >= 15 is 0 Å². The molecular weight excluding hydrogens is 170 g/mol. The van der Waals surface area contributed by atoms with Crippen molar-refractivity contribution in [1.29, 1.82) is 0 Å². The second-order valence-corrected chi connectivity index (χ2v) is 2.89. The first-order valence-corrected chi connectivity index (χ1v) is 4.34. The van der Waals surface area contributed by atoms with E-state index in [1.54, 1.807) is 13.0 Å². The van der Waals surface area contributed by atoms with Gasteiger partial charge in [-0.1, -0.05) is 6.08 Å². The average Bonchev–Trinajstić information content (AvgIpc) is 2.49. The molecule has 0 aromatic carbocycles. The van der Waals surface area contributed by atoms with Crippen LogP contribution < -0.4 is 5.32 Å². The van der Waals surface area contributed by atoms with Gasteiger partial charge in [-0.3, -0.25) is 4.79 Å². The number of amides is 1. The van der Waals surface area contributed by atoms with Gasteiger partial charge in [0.05, 0.1) is 6.61 Å². The number of allylic oxidation sites excluding steroid dienone is 1. The fourth-order valence-electron chi connectivity index (χ4n) is 1.17. The van der Waals surface area contributed by atoms with Crippen LogP contribution >= 0.6 is 0 Å². The Morgan fingerprint density at radius 1 is 1.77 bits per heavy atom. The van der Waals surface area contributed by atoms with Crippen LogP contribution in [0.5, 0.6) is 0 Å². The Balaban J connectivity index is 2.16. The van der Waals surface area contributed by atoms with Gasteiger partial charge in [0.15, 0.2) is 5.78 Å². The molecule has 0 radical (unpaired) electrons. The van der Waals surface area contributed by atoms with Crippen LogP contribution in [0.3, 0.4) is 0 Å². The fraction of sp³-hybridized carbons (Fsp3) is 0.556. The summed E-state index contributed by atoms with van der Waals surface area (Å²) in [4.78, 5) is 21.6. The molecule has 1 atom stereocenters. The summed E-state index contributed by atoms with van der Waals surface area (Å²) >= 11 is 0. The summed E-state index contributed by atoms with van der Waals surface area (Å²) in [5.74, 6) is 0.257. The van der Waals surface area contributed by atoms with Crippen molar-refractivity contribution in [2.24, 2.45) is 5.92 Å². The molecule has 0 saturated heterocycles. The molecule has 13 heavy (non-hydrogen) atoms. The van der Waals surface area contributed by atoms with E-state index in [2.05, 4.69) is 10.1 Å². The molecule has 0 fully saturated rings. The zero-order chi connectivity index (χ0) is 9.68. The van der Waals surface area contributed by atoms with Gasteiger partial charge in [0.25, 0.3) is 0 Å². The molecule has 1 rings (SSSR count). The van der Waals surface area contributed by atoms with Crippen LogP contribution in [0.15, 0.2) is 12.2 Å². The summed E-state index contributed by atoms with van der Waals surface area (Å²) in [5, 5.41) is 2.58. The number of rotatable bonds is 3. The first-order valence-electron chi connectivity index (χ1n) is 4.34. The molecule has 0 aromatic rings. The van der Waals surface area contributed by atoms with Crippen LogP contribution in [0, 0.1) is 5.92 Å². The minimum atomic E-state index is -0.421. The molecule has 0 saturated carbocycles. The van der Waals surface area contributed by atoms with Crippen molar-refractivity contribution in [3.05, 3.63) is 12.2 Å². The molecule has 1 N–H and O–H groups in total.